The van der Waals surface area contributed by atoms with Crippen molar-refractivity contribution in [3.8, 4) is 0 Å². The van der Waals surface area contributed by atoms with Crippen LogP contribution < -0.4 is 0 Å². The van der Waals surface area contributed by atoms with Crippen LogP contribution in [0, 0.1) is 5.92 Å². The van der Waals surface area contributed by atoms with Gasteiger partial charge in [-0.15, -0.1) is 0 Å². The number of esters is 1. The number of methoxy groups -OCH3 is 1. The van der Waals surface area contributed by atoms with Crippen LogP contribution in [0.25, 0.3) is 0 Å². The topological polar surface area (TPSA) is 29.5 Å². The summed E-state index contributed by atoms with van der Waals surface area (Å²) >= 11 is 3.49. The fraction of sp³-hybridized carbons (Fsp3) is 0.500. The van der Waals surface area contributed by atoms with Crippen molar-refractivity contribution in [2.75, 3.05) is 27.2 Å². The molecule has 1 fully saturated rings. The summed E-state index contributed by atoms with van der Waals surface area (Å²) in [6.45, 7) is 1.85. The molecule has 0 aromatic heterocycles. The molecule has 0 aliphatic carbocycles. The Morgan fingerprint density at radius 1 is 1.50 bits per heavy atom. The second-order valence-corrected chi connectivity index (χ2v) is 5.76. The molecular weight excluding hydrogens is 294 g/mol. The Morgan fingerprint density at radius 2 is 2.28 bits per heavy atom. The summed E-state index contributed by atoms with van der Waals surface area (Å²) in [6.07, 6.45) is 0.861. The van der Waals surface area contributed by atoms with E-state index in [4.69, 9.17) is 4.74 Å². The minimum absolute atomic E-state index is 0.0273. The number of likely N-dealkylation sites (N-methyl/N-ethyl adjacent to an activating group) is 1. The number of likely N-dealkylation sites (tertiary alicyclic amines) is 1. The lowest BCUT2D eigenvalue weighted by molar-refractivity contribution is -0.147. The standard InChI is InChI=1S/C14H18BrNO2/c1-16-7-6-12(14(17)18-2)13(9-16)10-4-3-5-11(15)8-10/h3-5,8,12-13H,6-7,9H2,1-2H3. The summed E-state index contributed by atoms with van der Waals surface area (Å²) in [5.41, 5.74) is 1.20. The Kier molecular flexibility index (Phi) is 4.40. The molecule has 3 nitrogen and oxygen atoms in total. The Bertz CT molecular complexity index is 436. The van der Waals surface area contributed by atoms with E-state index >= 15 is 0 Å². The summed E-state index contributed by atoms with van der Waals surface area (Å²) in [6, 6.07) is 8.20. The van der Waals surface area contributed by atoms with Crippen molar-refractivity contribution in [1.82, 2.24) is 4.90 Å². The SMILES string of the molecule is COC(=O)C1CCN(C)CC1c1cccc(Br)c1. The molecule has 0 bridgehead atoms. The van der Waals surface area contributed by atoms with Gasteiger partial charge in [0.15, 0.2) is 0 Å². The number of nitrogens with zero attached hydrogens (tertiary/aromatic N) is 1. The Morgan fingerprint density at radius 3 is 2.94 bits per heavy atom. The lowest BCUT2D eigenvalue weighted by Crippen LogP contribution is -2.40. The molecular formula is C14H18BrNO2. The van der Waals surface area contributed by atoms with Crippen LogP contribution in [0.5, 0.6) is 0 Å². The van der Waals surface area contributed by atoms with Gasteiger partial charge in [0, 0.05) is 16.9 Å². The summed E-state index contributed by atoms with van der Waals surface area (Å²) < 4.78 is 5.99. The van der Waals surface area contributed by atoms with E-state index in [1.165, 1.54) is 12.7 Å². The lowest BCUT2D eigenvalue weighted by atomic mass is 9.81. The van der Waals surface area contributed by atoms with E-state index in [-0.39, 0.29) is 17.8 Å². The maximum atomic E-state index is 11.9. The van der Waals surface area contributed by atoms with Crippen molar-refractivity contribution in [2.24, 2.45) is 5.92 Å². The number of halogens is 1. The average Bonchev–Trinajstić information content (AvgIpc) is 2.38. The van der Waals surface area contributed by atoms with Crippen molar-refractivity contribution in [2.45, 2.75) is 12.3 Å². The number of benzene rings is 1. The van der Waals surface area contributed by atoms with Gasteiger partial charge in [-0.1, -0.05) is 28.1 Å². The highest BCUT2D eigenvalue weighted by molar-refractivity contribution is 9.10. The monoisotopic (exact) mass is 311 g/mol. The van der Waals surface area contributed by atoms with Gasteiger partial charge in [-0.05, 0) is 37.7 Å². The molecule has 2 atom stereocenters. The molecule has 1 heterocycles. The third-order valence-corrected chi connectivity index (χ3v) is 4.09. The van der Waals surface area contributed by atoms with Crippen molar-refractivity contribution in [1.29, 1.82) is 0 Å². The molecule has 4 heteroatoms. The van der Waals surface area contributed by atoms with Crippen LogP contribution in [0.15, 0.2) is 28.7 Å². The zero-order chi connectivity index (χ0) is 13.1. The van der Waals surface area contributed by atoms with Crippen LogP contribution in [0.2, 0.25) is 0 Å². The quantitative estimate of drug-likeness (QED) is 0.786. The average molecular weight is 312 g/mol. The Hall–Kier alpha value is -0.870. The molecule has 0 amide bonds. The molecule has 0 radical (unpaired) electrons. The fourth-order valence-electron chi connectivity index (χ4n) is 2.62. The van der Waals surface area contributed by atoms with Crippen molar-refractivity contribution in [3.63, 3.8) is 0 Å². The van der Waals surface area contributed by atoms with E-state index < -0.39 is 0 Å². The van der Waals surface area contributed by atoms with Gasteiger partial charge in [0.05, 0.1) is 13.0 Å². The van der Waals surface area contributed by atoms with Crippen LogP contribution in [-0.2, 0) is 9.53 Å². The predicted molar refractivity (Wildman–Crippen MR) is 74.5 cm³/mol. The molecule has 0 saturated carbocycles. The second kappa shape index (κ2) is 5.85. The lowest BCUT2D eigenvalue weighted by Gasteiger charge is -2.35. The predicted octanol–water partition coefficient (Wildman–Crippen LogP) is 2.66. The van der Waals surface area contributed by atoms with E-state index in [0.29, 0.717) is 0 Å². The highest BCUT2D eigenvalue weighted by atomic mass is 79.9. The number of carbonyl (C=O) groups excluding carboxylic acids is 1. The van der Waals surface area contributed by atoms with Crippen LogP contribution >= 0.6 is 15.9 Å². The van der Waals surface area contributed by atoms with Gasteiger partial charge in [-0.3, -0.25) is 4.79 Å². The van der Waals surface area contributed by atoms with E-state index in [1.54, 1.807) is 0 Å². The van der Waals surface area contributed by atoms with Crippen molar-refractivity contribution < 1.29 is 9.53 Å². The van der Waals surface area contributed by atoms with E-state index in [2.05, 4.69) is 40.0 Å². The van der Waals surface area contributed by atoms with Crippen LogP contribution in [-0.4, -0.2) is 38.1 Å². The third kappa shape index (κ3) is 2.93. The summed E-state index contributed by atoms with van der Waals surface area (Å²) in [7, 11) is 3.57. The van der Waals surface area contributed by atoms with Gasteiger partial charge in [-0.2, -0.15) is 0 Å². The minimum atomic E-state index is -0.0897. The van der Waals surface area contributed by atoms with Gasteiger partial charge in [0.25, 0.3) is 0 Å². The Balaban J connectivity index is 2.27. The first-order valence-corrected chi connectivity index (χ1v) is 6.93. The molecule has 98 valence electrons. The maximum absolute atomic E-state index is 11.9. The number of ether oxygens (including phenoxy) is 1. The molecule has 1 aliphatic heterocycles. The number of rotatable bonds is 2. The minimum Gasteiger partial charge on any atom is -0.469 e. The van der Waals surface area contributed by atoms with Crippen molar-refractivity contribution >= 4 is 21.9 Å². The molecule has 1 aromatic carbocycles. The molecule has 2 rings (SSSR count). The van der Waals surface area contributed by atoms with Gasteiger partial charge in [0.1, 0.15) is 0 Å². The smallest absolute Gasteiger partial charge is 0.309 e. The number of hydrogen-bond donors (Lipinski definition) is 0. The Labute approximate surface area is 116 Å². The first-order valence-electron chi connectivity index (χ1n) is 6.13. The van der Waals surface area contributed by atoms with Gasteiger partial charge < -0.3 is 9.64 Å². The summed E-state index contributed by atoms with van der Waals surface area (Å²) in [5, 5.41) is 0. The van der Waals surface area contributed by atoms with Crippen LogP contribution in [0.1, 0.15) is 17.9 Å². The van der Waals surface area contributed by atoms with E-state index in [9.17, 15) is 4.79 Å². The number of hydrogen-bond acceptors (Lipinski definition) is 3. The molecule has 0 spiro atoms. The van der Waals surface area contributed by atoms with Crippen LogP contribution in [0.3, 0.4) is 0 Å². The van der Waals surface area contributed by atoms with Gasteiger partial charge in [0.2, 0.25) is 0 Å². The number of carbonyl (C=O) groups is 1. The largest absolute Gasteiger partial charge is 0.469 e. The zero-order valence-electron chi connectivity index (χ0n) is 10.7. The first-order chi connectivity index (χ1) is 8.61. The number of piperidine rings is 1. The summed E-state index contributed by atoms with van der Waals surface area (Å²) in [4.78, 5) is 14.2. The highest BCUT2D eigenvalue weighted by Crippen LogP contribution is 2.33. The molecule has 1 saturated heterocycles. The highest BCUT2D eigenvalue weighted by Gasteiger charge is 2.34. The molecule has 0 N–H and O–H groups in total. The molecule has 2 unspecified atom stereocenters. The first kappa shape index (κ1) is 13.6. The maximum Gasteiger partial charge on any atom is 0.309 e. The van der Waals surface area contributed by atoms with E-state index in [0.717, 1.165) is 24.0 Å². The zero-order valence-corrected chi connectivity index (χ0v) is 12.3. The molecule has 1 aliphatic rings. The van der Waals surface area contributed by atoms with Crippen LogP contribution in [0.4, 0.5) is 0 Å². The molecule has 1 aromatic rings. The van der Waals surface area contributed by atoms with Crippen molar-refractivity contribution in [3.05, 3.63) is 34.3 Å². The summed E-state index contributed by atoms with van der Waals surface area (Å²) in [5.74, 6) is 0.0993. The normalized spacial score (nSPS) is 24.8. The molecule has 18 heavy (non-hydrogen) atoms. The fourth-order valence-corrected chi connectivity index (χ4v) is 3.04. The second-order valence-electron chi connectivity index (χ2n) is 4.84. The van der Waals surface area contributed by atoms with E-state index in [1.807, 2.05) is 12.1 Å². The van der Waals surface area contributed by atoms with Gasteiger partial charge in [-0.25, -0.2) is 0 Å². The third-order valence-electron chi connectivity index (χ3n) is 3.60. The van der Waals surface area contributed by atoms with Gasteiger partial charge >= 0.3 is 5.97 Å².